The van der Waals surface area contributed by atoms with Crippen molar-refractivity contribution < 1.29 is 5.11 Å². The molecular weight excluding hydrogens is 175 g/mol. The van der Waals surface area contributed by atoms with Gasteiger partial charge in [-0.3, -0.25) is 0 Å². The minimum Gasteiger partial charge on any atom is -0.389 e. The van der Waals surface area contributed by atoms with Crippen molar-refractivity contribution >= 4 is 51.4 Å². The monoisotopic (exact) mass is 195 g/mol. The second kappa shape index (κ2) is 4.90. The molecule has 1 fully saturated rings. The molecule has 0 aromatic carbocycles. The molecule has 1 saturated carbocycles. The number of rotatable bonds is 0. The molecule has 1 aliphatic rings. The second-order valence-electron chi connectivity index (χ2n) is 4.84. The SMILES string of the molecule is CC(C)(C)C1(O)CCCCC1.[K]. The van der Waals surface area contributed by atoms with Crippen LogP contribution in [-0.2, 0) is 0 Å². The summed E-state index contributed by atoms with van der Waals surface area (Å²) in [7, 11) is 0. The van der Waals surface area contributed by atoms with E-state index in [9.17, 15) is 5.11 Å². The standard InChI is InChI=1S/C10H20O.K/c1-9(2,3)10(11)7-5-4-6-8-10;/h11H,4-8H2,1-3H3;. The molecule has 1 radical (unpaired) electrons. The quantitative estimate of drug-likeness (QED) is 0.588. The van der Waals surface area contributed by atoms with Crippen molar-refractivity contribution in [3.05, 3.63) is 0 Å². The molecule has 1 N–H and O–H groups in total. The van der Waals surface area contributed by atoms with Gasteiger partial charge in [-0.15, -0.1) is 0 Å². The first-order chi connectivity index (χ1) is 4.96. The molecule has 0 unspecified atom stereocenters. The number of hydrogen-bond donors (Lipinski definition) is 1. The van der Waals surface area contributed by atoms with E-state index in [4.69, 9.17) is 0 Å². The fraction of sp³-hybridized carbons (Fsp3) is 1.00. The van der Waals surface area contributed by atoms with Crippen LogP contribution in [0.5, 0.6) is 0 Å². The molecule has 0 bridgehead atoms. The van der Waals surface area contributed by atoms with E-state index in [1.807, 2.05) is 0 Å². The van der Waals surface area contributed by atoms with E-state index in [2.05, 4.69) is 20.8 Å². The molecule has 12 heavy (non-hydrogen) atoms. The van der Waals surface area contributed by atoms with Gasteiger partial charge in [0.25, 0.3) is 0 Å². The largest absolute Gasteiger partial charge is 0.389 e. The van der Waals surface area contributed by atoms with E-state index < -0.39 is 0 Å². The zero-order valence-corrected chi connectivity index (χ0v) is 12.1. The van der Waals surface area contributed by atoms with Gasteiger partial charge < -0.3 is 5.11 Å². The molecule has 0 aromatic rings. The van der Waals surface area contributed by atoms with Gasteiger partial charge in [-0.2, -0.15) is 0 Å². The molecule has 2 heteroatoms. The Balaban J connectivity index is 0.00000121. The summed E-state index contributed by atoms with van der Waals surface area (Å²) in [6.07, 6.45) is 5.70. The third kappa shape index (κ3) is 3.07. The van der Waals surface area contributed by atoms with Crippen LogP contribution < -0.4 is 0 Å². The first-order valence-electron chi connectivity index (χ1n) is 4.68. The molecule has 0 amide bonds. The Labute approximate surface area is 119 Å². The second-order valence-corrected chi connectivity index (χ2v) is 4.84. The van der Waals surface area contributed by atoms with Crippen molar-refractivity contribution in [3.63, 3.8) is 0 Å². The number of hydrogen-bond acceptors (Lipinski definition) is 1. The Kier molecular flexibility index (Phi) is 5.55. The summed E-state index contributed by atoms with van der Waals surface area (Å²) in [6.45, 7) is 6.41. The molecule has 1 aliphatic carbocycles. The Bertz CT molecular complexity index is 131. The smallest absolute Gasteiger partial charge is 0.0695 e. The van der Waals surface area contributed by atoms with Crippen molar-refractivity contribution in [2.24, 2.45) is 5.41 Å². The first kappa shape index (κ1) is 13.6. The maximum atomic E-state index is 10.2. The summed E-state index contributed by atoms with van der Waals surface area (Å²) in [5, 5.41) is 10.2. The van der Waals surface area contributed by atoms with Gasteiger partial charge in [0.15, 0.2) is 0 Å². The summed E-state index contributed by atoms with van der Waals surface area (Å²) >= 11 is 0. The Morgan fingerprint density at radius 3 is 1.67 bits per heavy atom. The van der Waals surface area contributed by atoms with E-state index in [1.54, 1.807) is 0 Å². The molecule has 1 rings (SSSR count). The van der Waals surface area contributed by atoms with Gasteiger partial charge in [0.05, 0.1) is 5.60 Å². The Morgan fingerprint density at radius 2 is 1.42 bits per heavy atom. The molecule has 0 aliphatic heterocycles. The maximum Gasteiger partial charge on any atom is 0.0695 e. The predicted octanol–water partition coefficient (Wildman–Crippen LogP) is 2.35. The van der Waals surface area contributed by atoms with Crippen molar-refractivity contribution in [1.29, 1.82) is 0 Å². The van der Waals surface area contributed by atoms with Crippen LogP contribution in [0, 0.1) is 5.41 Å². The summed E-state index contributed by atoms with van der Waals surface area (Å²) in [5.41, 5.74) is -0.321. The molecule has 67 valence electrons. The van der Waals surface area contributed by atoms with E-state index in [1.165, 1.54) is 19.3 Å². The van der Waals surface area contributed by atoms with Crippen LogP contribution in [0.1, 0.15) is 52.9 Å². The normalized spacial score (nSPS) is 23.0. The molecular formula is C10H20KO. The van der Waals surface area contributed by atoms with Gasteiger partial charge >= 0.3 is 0 Å². The van der Waals surface area contributed by atoms with E-state index in [0.29, 0.717) is 0 Å². The van der Waals surface area contributed by atoms with Gasteiger partial charge in [0.1, 0.15) is 0 Å². The third-order valence-electron chi connectivity index (χ3n) is 3.08. The Morgan fingerprint density at radius 1 is 1.00 bits per heavy atom. The van der Waals surface area contributed by atoms with Gasteiger partial charge in [-0.25, -0.2) is 0 Å². The summed E-state index contributed by atoms with van der Waals surface area (Å²) in [4.78, 5) is 0. The molecule has 1 nitrogen and oxygen atoms in total. The summed E-state index contributed by atoms with van der Waals surface area (Å²) in [6, 6.07) is 0. The minimum absolute atomic E-state index is 0. The van der Waals surface area contributed by atoms with Crippen LogP contribution in [0.15, 0.2) is 0 Å². The zero-order valence-electron chi connectivity index (χ0n) is 8.98. The first-order valence-corrected chi connectivity index (χ1v) is 4.68. The van der Waals surface area contributed by atoms with Crippen molar-refractivity contribution in [2.75, 3.05) is 0 Å². The van der Waals surface area contributed by atoms with E-state index in [-0.39, 0.29) is 62.4 Å². The van der Waals surface area contributed by atoms with Crippen LogP contribution in [0.25, 0.3) is 0 Å². The summed E-state index contributed by atoms with van der Waals surface area (Å²) in [5.74, 6) is 0. The van der Waals surface area contributed by atoms with Crippen molar-refractivity contribution in [3.8, 4) is 0 Å². The molecule has 0 heterocycles. The van der Waals surface area contributed by atoms with Gasteiger partial charge in [0, 0.05) is 51.4 Å². The van der Waals surface area contributed by atoms with Gasteiger partial charge in [-0.1, -0.05) is 40.0 Å². The minimum atomic E-state index is -0.384. The van der Waals surface area contributed by atoms with Crippen LogP contribution in [0.3, 0.4) is 0 Å². The van der Waals surface area contributed by atoms with Crippen LogP contribution >= 0.6 is 0 Å². The van der Waals surface area contributed by atoms with Gasteiger partial charge in [-0.05, 0) is 18.3 Å². The maximum absolute atomic E-state index is 10.2. The van der Waals surface area contributed by atoms with Crippen LogP contribution in [-0.4, -0.2) is 62.1 Å². The predicted molar refractivity (Wildman–Crippen MR) is 53.2 cm³/mol. The van der Waals surface area contributed by atoms with Gasteiger partial charge in [0.2, 0.25) is 0 Å². The zero-order chi connectivity index (χ0) is 8.54. The molecule has 0 atom stereocenters. The topological polar surface area (TPSA) is 20.2 Å². The average Bonchev–Trinajstić information content (AvgIpc) is 1.87. The molecule has 0 saturated heterocycles. The van der Waals surface area contributed by atoms with Crippen LogP contribution in [0.2, 0.25) is 0 Å². The Hall–Kier alpha value is 1.60. The van der Waals surface area contributed by atoms with Crippen LogP contribution in [0.4, 0.5) is 0 Å². The fourth-order valence-corrected chi connectivity index (χ4v) is 1.89. The molecule has 0 aromatic heterocycles. The fourth-order valence-electron chi connectivity index (χ4n) is 1.89. The van der Waals surface area contributed by atoms with E-state index >= 15 is 0 Å². The average molecular weight is 195 g/mol. The van der Waals surface area contributed by atoms with E-state index in [0.717, 1.165) is 12.8 Å². The summed E-state index contributed by atoms with van der Waals surface area (Å²) < 4.78 is 0. The molecule has 0 spiro atoms. The number of aliphatic hydroxyl groups is 1. The van der Waals surface area contributed by atoms with Crippen molar-refractivity contribution in [1.82, 2.24) is 0 Å². The third-order valence-corrected chi connectivity index (χ3v) is 3.08. The van der Waals surface area contributed by atoms with Crippen molar-refractivity contribution in [2.45, 2.75) is 58.5 Å².